The van der Waals surface area contributed by atoms with Gasteiger partial charge in [-0.1, -0.05) is 86.1 Å². The Labute approximate surface area is 296 Å². The zero-order valence-corrected chi connectivity index (χ0v) is 30.9. The van der Waals surface area contributed by atoms with E-state index >= 15 is 0 Å². The highest BCUT2D eigenvalue weighted by atomic mass is 15.2. The fourth-order valence-electron chi connectivity index (χ4n) is 9.61. The van der Waals surface area contributed by atoms with Crippen molar-refractivity contribution >= 4 is 67.7 Å². The van der Waals surface area contributed by atoms with Gasteiger partial charge in [0.2, 0.25) is 0 Å². The quantitative estimate of drug-likeness (QED) is 0.173. The van der Waals surface area contributed by atoms with E-state index in [-0.39, 0.29) is 6.71 Å². The SMILES string of the molecule is CCCc1c(N(C)c2ccccc2C)c2c3c(c1-n1c(C)c(C)c4cccc(C)c41)N(C)c1ccccc1B3c1cccc3c(C)c(C)n-2c13. The number of nitrogens with zero attached hydrogens (tertiary/aromatic N) is 4. The van der Waals surface area contributed by atoms with Gasteiger partial charge < -0.3 is 18.9 Å². The number of hydrogen-bond acceptors (Lipinski definition) is 2. The fraction of sp³-hybridized carbons (Fsp3) is 0.244. The minimum Gasteiger partial charge on any atom is -0.344 e. The first-order valence-corrected chi connectivity index (χ1v) is 18.2. The highest BCUT2D eigenvalue weighted by Crippen LogP contribution is 2.49. The predicted molar refractivity (Wildman–Crippen MR) is 216 cm³/mol. The standard InChI is InChI=1S/C45H45BN4/c1-10-17-34-42(47(8)37-24-13-11-18-26(37)2)45-39-44(43(34)49-30(6)28(4)32-20-15-19-27(3)40(32)49)48(9)38-25-14-12-22-35(38)46(39)36-23-16-21-33-29(5)31(7)50(45)41(33)36/h11-16,18-25H,10,17H2,1-9H3. The molecule has 0 bridgehead atoms. The number of hydrogen-bond donors (Lipinski definition) is 0. The van der Waals surface area contributed by atoms with Crippen LogP contribution < -0.4 is 26.2 Å². The summed E-state index contributed by atoms with van der Waals surface area (Å²) in [5.41, 5.74) is 24.0. The number of benzene rings is 5. The third kappa shape index (κ3) is 3.84. The summed E-state index contributed by atoms with van der Waals surface area (Å²) in [5, 5.41) is 2.69. The Kier molecular flexibility index (Phi) is 6.74. The Balaban J connectivity index is 1.58. The molecule has 5 aromatic carbocycles. The van der Waals surface area contributed by atoms with E-state index in [1.54, 1.807) is 0 Å². The average Bonchev–Trinajstić information content (AvgIpc) is 3.53. The van der Waals surface area contributed by atoms with Gasteiger partial charge in [0, 0.05) is 58.7 Å². The maximum atomic E-state index is 2.64. The zero-order chi connectivity index (χ0) is 34.7. The molecule has 0 radical (unpaired) electrons. The second kappa shape index (κ2) is 10.9. The van der Waals surface area contributed by atoms with Crippen LogP contribution in [0.15, 0.2) is 84.9 Å². The van der Waals surface area contributed by atoms with Crippen molar-refractivity contribution in [3.63, 3.8) is 0 Å². The van der Waals surface area contributed by atoms with Crippen molar-refractivity contribution in [2.45, 2.75) is 61.3 Å². The number of aryl methyl sites for hydroxylation is 4. The van der Waals surface area contributed by atoms with Gasteiger partial charge in [-0.25, -0.2) is 0 Å². The van der Waals surface area contributed by atoms with Gasteiger partial charge in [0.05, 0.1) is 28.3 Å². The van der Waals surface area contributed by atoms with Crippen LogP contribution in [0.25, 0.3) is 33.2 Å². The van der Waals surface area contributed by atoms with Gasteiger partial charge in [-0.2, -0.15) is 0 Å². The molecule has 50 heavy (non-hydrogen) atoms. The first kappa shape index (κ1) is 30.9. The van der Waals surface area contributed by atoms with Gasteiger partial charge in [-0.3, -0.25) is 0 Å². The summed E-state index contributed by atoms with van der Waals surface area (Å²) in [6.45, 7) is 16.2. The van der Waals surface area contributed by atoms with E-state index in [9.17, 15) is 0 Å². The molecular formula is C45H45BN4. The monoisotopic (exact) mass is 652 g/mol. The lowest BCUT2D eigenvalue weighted by atomic mass is 9.33. The van der Waals surface area contributed by atoms with Crippen LogP contribution in [0.1, 0.15) is 52.5 Å². The van der Waals surface area contributed by atoms with E-state index in [0.717, 1.165) is 12.8 Å². The molecule has 9 rings (SSSR count). The molecule has 0 saturated heterocycles. The molecular weight excluding hydrogens is 607 g/mol. The maximum absolute atomic E-state index is 2.64. The molecule has 0 spiro atoms. The molecule has 4 nitrogen and oxygen atoms in total. The van der Waals surface area contributed by atoms with E-state index in [0.29, 0.717) is 0 Å². The highest BCUT2D eigenvalue weighted by molar-refractivity contribution is 7.00. The van der Waals surface area contributed by atoms with Crippen molar-refractivity contribution in [2.75, 3.05) is 23.9 Å². The molecule has 0 saturated carbocycles. The van der Waals surface area contributed by atoms with Crippen LogP contribution in [0, 0.1) is 41.5 Å². The molecule has 0 atom stereocenters. The van der Waals surface area contributed by atoms with Gasteiger partial charge >= 0.3 is 0 Å². The van der Waals surface area contributed by atoms with Gasteiger partial charge in [0.1, 0.15) is 0 Å². The first-order chi connectivity index (χ1) is 24.2. The van der Waals surface area contributed by atoms with Gasteiger partial charge in [0.15, 0.2) is 0 Å². The molecule has 0 unspecified atom stereocenters. The smallest absolute Gasteiger partial charge is 0.252 e. The predicted octanol–water partition coefficient (Wildman–Crippen LogP) is 9.06. The second-order valence-corrected chi connectivity index (χ2v) is 14.7. The summed E-state index contributed by atoms with van der Waals surface area (Å²) in [4.78, 5) is 5.04. The van der Waals surface area contributed by atoms with Crippen LogP contribution >= 0.6 is 0 Å². The van der Waals surface area contributed by atoms with Crippen molar-refractivity contribution in [3.8, 4) is 11.4 Å². The topological polar surface area (TPSA) is 16.3 Å². The van der Waals surface area contributed by atoms with E-state index in [2.05, 4.69) is 166 Å². The lowest BCUT2D eigenvalue weighted by Crippen LogP contribution is -2.61. The summed E-state index contributed by atoms with van der Waals surface area (Å²) in [6, 6.07) is 31.8. The van der Waals surface area contributed by atoms with Crippen molar-refractivity contribution < 1.29 is 0 Å². The highest BCUT2D eigenvalue weighted by Gasteiger charge is 2.45. The van der Waals surface area contributed by atoms with Crippen molar-refractivity contribution in [3.05, 3.63) is 124 Å². The van der Waals surface area contributed by atoms with Gasteiger partial charge in [-0.05, 0) is 98.7 Å². The normalized spacial score (nSPS) is 13.0. The molecule has 0 fully saturated rings. The van der Waals surface area contributed by atoms with Crippen molar-refractivity contribution in [1.82, 2.24) is 9.13 Å². The number of fused-ring (bicyclic) bond motifs is 5. The first-order valence-electron chi connectivity index (χ1n) is 18.2. The minimum absolute atomic E-state index is 0.0973. The molecule has 2 aliphatic heterocycles. The Bertz CT molecular complexity index is 2570. The van der Waals surface area contributed by atoms with E-state index in [1.807, 2.05) is 0 Å². The molecule has 5 heteroatoms. The van der Waals surface area contributed by atoms with Crippen LogP contribution in [-0.2, 0) is 6.42 Å². The van der Waals surface area contributed by atoms with Crippen molar-refractivity contribution in [2.24, 2.45) is 0 Å². The Morgan fingerprint density at radius 1 is 0.620 bits per heavy atom. The van der Waals surface area contributed by atoms with E-state index < -0.39 is 0 Å². The van der Waals surface area contributed by atoms with Crippen LogP contribution in [-0.4, -0.2) is 29.9 Å². The van der Waals surface area contributed by atoms with Crippen molar-refractivity contribution in [1.29, 1.82) is 0 Å². The second-order valence-electron chi connectivity index (χ2n) is 14.7. The summed E-state index contributed by atoms with van der Waals surface area (Å²) in [5.74, 6) is 0. The van der Waals surface area contributed by atoms with Gasteiger partial charge in [0.25, 0.3) is 6.71 Å². The molecule has 0 N–H and O–H groups in total. The number of aromatic nitrogens is 2. The average molecular weight is 653 g/mol. The van der Waals surface area contributed by atoms with E-state index in [4.69, 9.17) is 0 Å². The largest absolute Gasteiger partial charge is 0.344 e. The van der Waals surface area contributed by atoms with Crippen LogP contribution in [0.3, 0.4) is 0 Å². The molecule has 4 heterocycles. The molecule has 2 aromatic heterocycles. The third-order valence-corrected chi connectivity index (χ3v) is 12.2. The maximum Gasteiger partial charge on any atom is 0.252 e. The lowest BCUT2D eigenvalue weighted by molar-refractivity contribution is 0.884. The molecule has 248 valence electrons. The number of anilines is 4. The molecule has 7 aromatic rings. The van der Waals surface area contributed by atoms with Crippen LogP contribution in [0.2, 0.25) is 0 Å². The molecule has 0 amide bonds. The van der Waals surface area contributed by atoms with Crippen LogP contribution in [0.4, 0.5) is 22.7 Å². The third-order valence-electron chi connectivity index (χ3n) is 12.2. The summed E-state index contributed by atoms with van der Waals surface area (Å²) in [6.07, 6.45) is 1.99. The number of rotatable bonds is 5. The summed E-state index contributed by atoms with van der Waals surface area (Å²) < 4.78 is 5.28. The fourth-order valence-corrected chi connectivity index (χ4v) is 9.61. The summed E-state index contributed by atoms with van der Waals surface area (Å²) >= 11 is 0. The molecule has 0 aliphatic carbocycles. The molecule has 2 aliphatic rings. The Morgan fingerprint density at radius 2 is 1.22 bits per heavy atom. The number of para-hydroxylation sites is 4. The Morgan fingerprint density at radius 3 is 1.94 bits per heavy atom. The van der Waals surface area contributed by atoms with Crippen LogP contribution in [0.5, 0.6) is 0 Å². The Hall–Kier alpha value is -5.16. The van der Waals surface area contributed by atoms with Gasteiger partial charge in [-0.15, -0.1) is 0 Å². The van der Waals surface area contributed by atoms with E-state index in [1.165, 1.54) is 112 Å². The minimum atomic E-state index is 0.0973. The lowest BCUT2D eigenvalue weighted by Gasteiger charge is -2.43. The summed E-state index contributed by atoms with van der Waals surface area (Å²) in [7, 11) is 4.61. The zero-order valence-electron chi connectivity index (χ0n) is 30.9.